The minimum absolute atomic E-state index is 0. The Kier molecular flexibility index (Phi) is 9.05. The Morgan fingerprint density at radius 1 is 1.32 bits per heavy atom. The van der Waals surface area contributed by atoms with E-state index in [1.54, 1.807) is 0 Å². The third kappa shape index (κ3) is 5.55. The van der Waals surface area contributed by atoms with Gasteiger partial charge in [0.2, 0.25) is 0 Å². The fourth-order valence-corrected chi connectivity index (χ4v) is 3.66. The molecule has 1 aliphatic carbocycles. The van der Waals surface area contributed by atoms with Gasteiger partial charge >= 0.3 is 0 Å². The predicted molar refractivity (Wildman–Crippen MR) is 104 cm³/mol. The second kappa shape index (κ2) is 9.96. The Bertz CT molecular complexity index is 337. The molecular weight excluding hydrogens is 389 g/mol. The van der Waals surface area contributed by atoms with Gasteiger partial charge in [-0.15, -0.1) is 24.0 Å². The van der Waals surface area contributed by atoms with Gasteiger partial charge in [-0.2, -0.15) is 0 Å². The van der Waals surface area contributed by atoms with Crippen molar-refractivity contribution in [3.8, 4) is 0 Å². The van der Waals surface area contributed by atoms with Crippen molar-refractivity contribution in [3.05, 3.63) is 0 Å². The van der Waals surface area contributed by atoms with Crippen molar-refractivity contribution in [2.75, 3.05) is 39.9 Å². The lowest BCUT2D eigenvalue weighted by atomic mass is 9.83. The summed E-state index contributed by atoms with van der Waals surface area (Å²) in [5.41, 5.74) is 0.470. The van der Waals surface area contributed by atoms with Crippen LogP contribution < -0.4 is 5.32 Å². The lowest BCUT2D eigenvalue weighted by Crippen LogP contribution is -2.42. The third-order valence-corrected chi connectivity index (χ3v) is 5.23. The Morgan fingerprint density at radius 3 is 2.59 bits per heavy atom. The molecule has 0 aromatic heterocycles. The van der Waals surface area contributed by atoms with Gasteiger partial charge in [-0.25, -0.2) is 0 Å². The highest BCUT2D eigenvalue weighted by Crippen LogP contribution is 2.41. The smallest absolute Gasteiger partial charge is 0.193 e. The zero-order chi connectivity index (χ0) is 15.1. The van der Waals surface area contributed by atoms with Crippen LogP contribution in [0.15, 0.2) is 4.99 Å². The van der Waals surface area contributed by atoms with E-state index in [0.717, 1.165) is 38.8 Å². The fourth-order valence-electron chi connectivity index (χ4n) is 3.66. The van der Waals surface area contributed by atoms with Gasteiger partial charge in [0.15, 0.2) is 5.96 Å². The van der Waals surface area contributed by atoms with Crippen molar-refractivity contribution in [1.29, 1.82) is 0 Å². The molecule has 0 spiro atoms. The van der Waals surface area contributed by atoms with Gasteiger partial charge < -0.3 is 15.0 Å². The molecule has 1 atom stereocenters. The summed E-state index contributed by atoms with van der Waals surface area (Å²) < 4.78 is 5.49. The zero-order valence-electron chi connectivity index (χ0n) is 14.6. The molecule has 1 saturated carbocycles. The Morgan fingerprint density at radius 2 is 2.05 bits per heavy atom. The number of nitrogens with one attached hydrogen (secondary N) is 1. The van der Waals surface area contributed by atoms with Crippen LogP contribution in [0.25, 0.3) is 0 Å². The Hall–Kier alpha value is -0.0400. The highest BCUT2D eigenvalue weighted by atomic mass is 127. The molecule has 130 valence electrons. The molecule has 2 rings (SSSR count). The molecule has 22 heavy (non-hydrogen) atoms. The van der Waals surface area contributed by atoms with Crippen molar-refractivity contribution < 1.29 is 4.74 Å². The SMILES string of the molecule is CCNC(=NCC1(CC)CCCC1)N(C)CC1CCOC1.I. The molecule has 2 aliphatic rings. The van der Waals surface area contributed by atoms with E-state index < -0.39 is 0 Å². The number of guanidine groups is 1. The second-order valence-corrected chi connectivity index (χ2v) is 6.84. The molecule has 0 amide bonds. The molecule has 0 aromatic rings. The fraction of sp³-hybridized carbons (Fsp3) is 0.941. The molecule has 0 bridgehead atoms. The molecule has 1 saturated heterocycles. The predicted octanol–water partition coefficient (Wildman–Crippen LogP) is 3.51. The van der Waals surface area contributed by atoms with Crippen molar-refractivity contribution >= 4 is 29.9 Å². The summed E-state index contributed by atoms with van der Waals surface area (Å²) in [5, 5.41) is 3.46. The van der Waals surface area contributed by atoms with Gasteiger partial charge in [0, 0.05) is 39.2 Å². The first-order chi connectivity index (χ1) is 10.2. The molecule has 0 aromatic carbocycles. The first-order valence-corrected chi connectivity index (χ1v) is 8.76. The number of hydrogen-bond acceptors (Lipinski definition) is 2. The van der Waals surface area contributed by atoms with Gasteiger partial charge in [-0.05, 0) is 38.0 Å². The van der Waals surface area contributed by atoms with Crippen LogP contribution in [0, 0.1) is 11.3 Å². The summed E-state index contributed by atoms with van der Waals surface area (Å²) in [7, 11) is 2.16. The molecule has 4 nitrogen and oxygen atoms in total. The van der Waals surface area contributed by atoms with Crippen molar-refractivity contribution in [2.45, 2.75) is 52.4 Å². The molecule has 1 unspecified atom stereocenters. The largest absolute Gasteiger partial charge is 0.381 e. The topological polar surface area (TPSA) is 36.9 Å². The number of aliphatic imine (C=N–C) groups is 1. The lowest BCUT2D eigenvalue weighted by molar-refractivity contribution is 0.181. The van der Waals surface area contributed by atoms with E-state index in [2.05, 4.69) is 31.1 Å². The van der Waals surface area contributed by atoms with Crippen molar-refractivity contribution in [2.24, 2.45) is 16.3 Å². The van der Waals surface area contributed by atoms with E-state index in [1.165, 1.54) is 38.5 Å². The monoisotopic (exact) mass is 423 g/mol. The van der Waals surface area contributed by atoms with Crippen LogP contribution in [0.2, 0.25) is 0 Å². The van der Waals surface area contributed by atoms with Crippen molar-refractivity contribution in [1.82, 2.24) is 10.2 Å². The van der Waals surface area contributed by atoms with Crippen LogP contribution in [0.1, 0.15) is 52.4 Å². The number of halogens is 1. The maximum atomic E-state index is 5.49. The highest BCUT2D eigenvalue weighted by molar-refractivity contribution is 14.0. The van der Waals surface area contributed by atoms with Crippen LogP contribution in [-0.4, -0.2) is 50.8 Å². The first kappa shape index (κ1) is 20.0. The molecule has 1 N–H and O–H groups in total. The van der Waals surface area contributed by atoms with Crippen molar-refractivity contribution in [3.63, 3.8) is 0 Å². The number of rotatable bonds is 6. The second-order valence-electron chi connectivity index (χ2n) is 6.84. The number of ether oxygens (including phenoxy) is 1. The number of hydrogen-bond donors (Lipinski definition) is 1. The maximum Gasteiger partial charge on any atom is 0.193 e. The quantitative estimate of drug-likeness (QED) is 0.404. The van der Waals surface area contributed by atoms with E-state index >= 15 is 0 Å². The molecule has 5 heteroatoms. The highest BCUT2D eigenvalue weighted by Gasteiger charge is 2.32. The van der Waals surface area contributed by atoms with Gasteiger partial charge in [0.05, 0.1) is 6.61 Å². The first-order valence-electron chi connectivity index (χ1n) is 8.76. The van der Waals surface area contributed by atoms with E-state index in [9.17, 15) is 0 Å². The molecule has 2 fully saturated rings. The lowest BCUT2D eigenvalue weighted by Gasteiger charge is -2.28. The van der Waals surface area contributed by atoms with Crippen LogP contribution in [0.4, 0.5) is 0 Å². The summed E-state index contributed by atoms with van der Waals surface area (Å²) in [6.07, 6.45) is 7.92. The van der Waals surface area contributed by atoms with E-state index in [-0.39, 0.29) is 24.0 Å². The van der Waals surface area contributed by atoms with Gasteiger partial charge in [0.25, 0.3) is 0 Å². The number of nitrogens with zero attached hydrogens (tertiary/aromatic N) is 2. The van der Waals surface area contributed by atoms with E-state index in [4.69, 9.17) is 9.73 Å². The zero-order valence-corrected chi connectivity index (χ0v) is 16.9. The average Bonchev–Trinajstić information content (AvgIpc) is 3.15. The summed E-state index contributed by atoms with van der Waals surface area (Å²) in [5.74, 6) is 1.73. The molecular formula is C17H34IN3O. The molecule has 1 aliphatic heterocycles. The Labute approximate surface area is 153 Å². The summed E-state index contributed by atoms with van der Waals surface area (Å²) in [4.78, 5) is 7.26. The standard InChI is InChI=1S/C17H33N3O.HI/c1-4-17(9-6-7-10-17)14-19-16(18-5-2)20(3)12-15-8-11-21-13-15;/h15H,4-14H2,1-3H3,(H,18,19);1H. The molecule has 0 radical (unpaired) electrons. The van der Waals surface area contributed by atoms with E-state index in [1.807, 2.05) is 0 Å². The van der Waals surface area contributed by atoms with Gasteiger partial charge in [0.1, 0.15) is 0 Å². The normalized spacial score (nSPS) is 24.1. The van der Waals surface area contributed by atoms with Crippen LogP contribution >= 0.6 is 24.0 Å². The van der Waals surface area contributed by atoms with Gasteiger partial charge in [-0.1, -0.05) is 19.8 Å². The summed E-state index contributed by atoms with van der Waals surface area (Å²) in [6, 6.07) is 0. The van der Waals surface area contributed by atoms with Crippen LogP contribution in [-0.2, 0) is 4.74 Å². The minimum Gasteiger partial charge on any atom is -0.381 e. The molecule has 1 heterocycles. The van der Waals surface area contributed by atoms with Gasteiger partial charge in [-0.3, -0.25) is 4.99 Å². The summed E-state index contributed by atoms with van der Waals surface area (Å²) in [6.45, 7) is 9.26. The third-order valence-electron chi connectivity index (χ3n) is 5.23. The Balaban J connectivity index is 0.00000242. The van der Waals surface area contributed by atoms with E-state index in [0.29, 0.717) is 11.3 Å². The van der Waals surface area contributed by atoms with Crippen LogP contribution in [0.5, 0.6) is 0 Å². The maximum absolute atomic E-state index is 5.49. The average molecular weight is 423 g/mol. The minimum atomic E-state index is 0. The van der Waals surface area contributed by atoms with Crippen LogP contribution in [0.3, 0.4) is 0 Å². The summed E-state index contributed by atoms with van der Waals surface area (Å²) >= 11 is 0.